The Bertz CT molecular complexity index is 938. The van der Waals surface area contributed by atoms with E-state index in [-0.39, 0.29) is 23.1 Å². The molecule has 1 atom stereocenters. The number of alkyl halides is 3. The van der Waals surface area contributed by atoms with E-state index in [9.17, 15) is 27.9 Å². The summed E-state index contributed by atoms with van der Waals surface area (Å²) in [5.41, 5.74) is -1.18. The fourth-order valence-electron chi connectivity index (χ4n) is 3.68. The number of nitrogens with zero attached hydrogens (tertiary/aromatic N) is 1. The number of likely N-dealkylation sites (tertiary alicyclic amines) is 1. The van der Waals surface area contributed by atoms with Gasteiger partial charge >= 0.3 is 12.1 Å². The van der Waals surface area contributed by atoms with Crippen molar-refractivity contribution < 1.29 is 32.6 Å². The number of aromatic carboxylic acids is 1. The third-order valence-electron chi connectivity index (χ3n) is 5.18. The van der Waals surface area contributed by atoms with E-state index in [2.05, 4.69) is 0 Å². The lowest BCUT2D eigenvalue weighted by Crippen LogP contribution is -2.48. The van der Waals surface area contributed by atoms with E-state index in [1.54, 1.807) is 43.0 Å². The Labute approximate surface area is 172 Å². The maximum absolute atomic E-state index is 13.0. The van der Waals surface area contributed by atoms with E-state index in [0.29, 0.717) is 25.1 Å². The van der Waals surface area contributed by atoms with Crippen LogP contribution in [0.25, 0.3) is 0 Å². The van der Waals surface area contributed by atoms with Gasteiger partial charge in [0, 0.05) is 19.0 Å². The Morgan fingerprint density at radius 2 is 1.70 bits per heavy atom. The van der Waals surface area contributed by atoms with Gasteiger partial charge in [0.2, 0.25) is 0 Å². The minimum absolute atomic E-state index is 0.108. The highest BCUT2D eigenvalue weighted by atomic mass is 19.4. The normalized spacial score (nSPS) is 17.1. The SMILES string of the molecule is CC(C)(Oc1ccc(C(F)(F)F)cc1)C(=O)N1CCC(c2ccccc2C(=O)O)C1. The van der Waals surface area contributed by atoms with Gasteiger partial charge < -0.3 is 14.7 Å². The number of rotatable bonds is 5. The molecular weight excluding hydrogens is 399 g/mol. The number of carboxylic acids is 1. The van der Waals surface area contributed by atoms with Gasteiger partial charge in [-0.25, -0.2) is 4.79 Å². The molecule has 2 aromatic carbocycles. The molecule has 0 bridgehead atoms. The Balaban J connectivity index is 1.70. The van der Waals surface area contributed by atoms with Crippen LogP contribution in [-0.4, -0.2) is 40.6 Å². The van der Waals surface area contributed by atoms with Gasteiger partial charge in [0.05, 0.1) is 11.1 Å². The van der Waals surface area contributed by atoms with Crippen LogP contribution >= 0.6 is 0 Å². The van der Waals surface area contributed by atoms with E-state index in [1.807, 2.05) is 0 Å². The van der Waals surface area contributed by atoms with Crippen molar-refractivity contribution in [2.75, 3.05) is 13.1 Å². The number of halogens is 3. The standard InChI is InChI=1S/C22H22F3NO4/c1-21(2,30-16-9-7-15(8-10-16)22(23,24)25)20(29)26-12-11-14(13-26)17-5-3-4-6-18(17)19(27)28/h3-10,14H,11-13H2,1-2H3,(H,27,28). The zero-order valence-corrected chi connectivity index (χ0v) is 16.6. The number of carbonyl (C=O) groups is 2. The largest absolute Gasteiger partial charge is 0.478 e. The number of benzene rings is 2. The molecule has 5 nitrogen and oxygen atoms in total. The van der Waals surface area contributed by atoms with Gasteiger partial charge in [-0.05, 0) is 56.2 Å². The third kappa shape index (κ3) is 4.58. The highest BCUT2D eigenvalue weighted by Gasteiger charge is 2.39. The molecule has 1 amide bonds. The molecule has 30 heavy (non-hydrogen) atoms. The summed E-state index contributed by atoms with van der Waals surface area (Å²) in [6, 6.07) is 10.9. The highest BCUT2D eigenvalue weighted by Crippen LogP contribution is 2.33. The topological polar surface area (TPSA) is 66.8 Å². The smallest absolute Gasteiger partial charge is 0.416 e. The minimum Gasteiger partial charge on any atom is -0.478 e. The van der Waals surface area contributed by atoms with Crippen LogP contribution in [0.1, 0.15) is 47.7 Å². The molecule has 0 saturated carbocycles. The number of hydrogen-bond acceptors (Lipinski definition) is 3. The van der Waals surface area contributed by atoms with Crippen LogP contribution in [0.15, 0.2) is 48.5 Å². The fourth-order valence-corrected chi connectivity index (χ4v) is 3.68. The van der Waals surface area contributed by atoms with Crippen LogP contribution < -0.4 is 4.74 Å². The van der Waals surface area contributed by atoms with Crippen LogP contribution in [0.5, 0.6) is 5.75 Å². The lowest BCUT2D eigenvalue weighted by atomic mass is 9.93. The van der Waals surface area contributed by atoms with Crippen molar-refractivity contribution in [3.8, 4) is 5.75 Å². The first kappa shape index (κ1) is 21.7. The number of carbonyl (C=O) groups excluding carboxylic acids is 1. The van der Waals surface area contributed by atoms with Crippen molar-refractivity contribution in [3.05, 3.63) is 65.2 Å². The minimum atomic E-state index is -4.44. The second kappa shape index (κ2) is 8.01. The maximum Gasteiger partial charge on any atom is 0.416 e. The quantitative estimate of drug-likeness (QED) is 0.768. The molecule has 2 aromatic rings. The lowest BCUT2D eigenvalue weighted by molar-refractivity contribution is -0.144. The number of ether oxygens (including phenoxy) is 1. The second-order valence-electron chi connectivity index (χ2n) is 7.76. The average molecular weight is 421 g/mol. The molecule has 0 aromatic heterocycles. The fraction of sp³-hybridized carbons (Fsp3) is 0.364. The summed E-state index contributed by atoms with van der Waals surface area (Å²) in [6.07, 6.45) is -3.83. The van der Waals surface area contributed by atoms with Gasteiger partial charge in [0.1, 0.15) is 5.75 Å². The first-order valence-electron chi connectivity index (χ1n) is 9.47. The summed E-state index contributed by atoms with van der Waals surface area (Å²) >= 11 is 0. The van der Waals surface area contributed by atoms with E-state index in [1.165, 1.54) is 12.1 Å². The summed E-state index contributed by atoms with van der Waals surface area (Å²) in [6.45, 7) is 3.91. The van der Waals surface area contributed by atoms with Crippen molar-refractivity contribution in [1.82, 2.24) is 4.90 Å². The van der Waals surface area contributed by atoms with Crippen molar-refractivity contribution in [2.45, 2.75) is 38.0 Å². The molecule has 3 rings (SSSR count). The Morgan fingerprint density at radius 1 is 1.07 bits per heavy atom. The summed E-state index contributed by atoms with van der Waals surface area (Å²) < 4.78 is 43.8. The van der Waals surface area contributed by atoms with Crippen LogP contribution in [0.4, 0.5) is 13.2 Å². The average Bonchev–Trinajstić information content (AvgIpc) is 3.16. The summed E-state index contributed by atoms with van der Waals surface area (Å²) in [5.74, 6) is -1.27. The molecule has 0 spiro atoms. The lowest BCUT2D eigenvalue weighted by Gasteiger charge is -2.30. The monoisotopic (exact) mass is 421 g/mol. The van der Waals surface area contributed by atoms with Crippen molar-refractivity contribution in [3.63, 3.8) is 0 Å². The van der Waals surface area contributed by atoms with Crippen LogP contribution in [0, 0.1) is 0 Å². The highest BCUT2D eigenvalue weighted by molar-refractivity contribution is 5.90. The van der Waals surface area contributed by atoms with Gasteiger partial charge in [-0.1, -0.05) is 18.2 Å². The van der Waals surface area contributed by atoms with E-state index in [0.717, 1.165) is 12.1 Å². The molecule has 8 heteroatoms. The number of amides is 1. The summed E-state index contributed by atoms with van der Waals surface area (Å²) in [4.78, 5) is 26.1. The molecule has 1 unspecified atom stereocenters. The molecule has 1 saturated heterocycles. The van der Waals surface area contributed by atoms with Gasteiger partial charge in [-0.2, -0.15) is 13.2 Å². The third-order valence-corrected chi connectivity index (χ3v) is 5.18. The predicted octanol–water partition coefficient (Wildman–Crippen LogP) is 4.58. The second-order valence-corrected chi connectivity index (χ2v) is 7.76. The van der Waals surface area contributed by atoms with Crippen molar-refractivity contribution in [1.29, 1.82) is 0 Å². The maximum atomic E-state index is 13.0. The van der Waals surface area contributed by atoms with Gasteiger partial charge in [-0.3, -0.25) is 4.79 Å². The van der Waals surface area contributed by atoms with Crippen LogP contribution in [-0.2, 0) is 11.0 Å². The number of hydrogen-bond donors (Lipinski definition) is 1. The van der Waals surface area contributed by atoms with E-state index < -0.39 is 23.3 Å². The molecule has 1 aliphatic rings. The summed E-state index contributed by atoms with van der Waals surface area (Å²) in [7, 11) is 0. The first-order chi connectivity index (χ1) is 14.0. The Kier molecular flexibility index (Phi) is 5.78. The van der Waals surface area contributed by atoms with E-state index in [4.69, 9.17) is 4.74 Å². The van der Waals surface area contributed by atoms with Crippen LogP contribution in [0.2, 0.25) is 0 Å². The van der Waals surface area contributed by atoms with Crippen molar-refractivity contribution >= 4 is 11.9 Å². The van der Waals surface area contributed by atoms with Gasteiger partial charge in [-0.15, -0.1) is 0 Å². The summed E-state index contributed by atoms with van der Waals surface area (Å²) in [5, 5.41) is 9.39. The molecule has 1 fully saturated rings. The predicted molar refractivity (Wildman–Crippen MR) is 103 cm³/mol. The molecule has 0 aliphatic carbocycles. The first-order valence-corrected chi connectivity index (χ1v) is 9.47. The van der Waals surface area contributed by atoms with Crippen molar-refractivity contribution in [2.24, 2.45) is 0 Å². The molecule has 1 N–H and O–H groups in total. The van der Waals surface area contributed by atoms with Gasteiger partial charge in [0.25, 0.3) is 5.91 Å². The van der Waals surface area contributed by atoms with Gasteiger partial charge in [0.15, 0.2) is 5.60 Å². The molecular formula is C22H22F3NO4. The zero-order valence-electron chi connectivity index (χ0n) is 16.6. The van der Waals surface area contributed by atoms with Crippen LogP contribution in [0.3, 0.4) is 0 Å². The van der Waals surface area contributed by atoms with E-state index >= 15 is 0 Å². The Morgan fingerprint density at radius 3 is 2.30 bits per heavy atom. The zero-order chi connectivity index (χ0) is 22.1. The number of carboxylic acid groups (broad SMARTS) is 1. The molecule has 160 valence electrons. The molecule has 1 heterocycles. The molecule has 1 aliphatic heterocycles. The molecule has 0 radical (unpaired) electrons. The Hall–Kier alpha value is -3.03.